The molecule has 9 heteroatoms. The van der Waals surface area contributed by atoms with Crippen molar-refractivity contribution < 1.29 is 24.6 Å². The molecule has 5 aromatic rings. The van der Waals surface area contributed by atoms with E-state index in [-0.39, 0.29) is 23.1 Å². The van der Waals surface area contributed by atoms with E-state index < -0.39 is 30.3 Å². The highest BCUT2D eigenvalue weighted by Crippen LogP contribution is 2.30. The number of carboxylic acids is 2. The highest BCUT2D eigenvalue weighted by molar-refractivity contribution is 6.16. The van der Waals surface area contributed by atoms with Crippen LogP contribution in [-0.4, -0.2) is 43.5 Å². The SMILES string of the molecule is O=C(O)CC[C@H](NC(=O)c1cccc2c1nc1c3cccc4cccc(c(=O)n21)c43)C(=O)O. The second-order valence-electron chi connectivity index (χ2n) is 7.76. The fourth-order valence-corrected chi connectivity index (χ4v) is 4.26. The number of aliphatic carboxylic acids is 2. The Morgan fingerprint density at radius 2 is 1.67 bits per heavy atom. The van der Waals surface area contributed by atoms with E-state index >= 15 is 0 Å². The Kier molecular flexibility index (Phi) is 4.67. The number of imidazole rings is 1. The number of hydrogen-bond donors (Lipinski definition) is 3. The Morgan fingerprint density at radius 3 is 2.36 bits per heavy atom. The van der Waals surface area contributed by atoms with Crippen molar-refractivity contribution in [2.24, 2.45) is 0 Å². The molecule has 0 spiro atoms. The molecule has 2 heterocycles. The summed E-state index contributed by atoms with van der Waals surface area (Å²) >= 11 is 0. The average molecular weight is 443 g/mol. The molecule has 0 aliphatic carbocycles. The summed E-state index contributed by atoms with van der Waals surface area (Å²) < 4.78 is 1.46. The number of hydrogen-bond acceptors (Lipinski definition) is 5. The number of nitrogens with zero attached hydrogens (tertiary/aromatic N) is 2. The lowest BCUT2D eigenvalue weighted by atomic mass is 10.0. The van der Waals surface area contributed by atoms with Gasteiger partial charge in [-0.3, -0.25) is 18.8 Å². The van der Waals surface area contributed by atoms with Crippen LogP contribution in [0.25, 0.3) is 38.2 Å². The van der Waals surface area contributed by atoms with E-state index in [1.807, 2.05) is 30.3 Å². The highest BCUT2D eigenvalue weighted by Gasteiger charge is 2.24. The van der Waals surface area contributed by atoms with Crippen molar-refractivity contribution in [1.82, 2.24) is 14.7 Å². The molecule has 3 aromatic carbocycles. The quantitative estimate of drug-likeness (QED) is 0.367. The van der Waals surface area contributed by atoms with E-state index in [1.54, 1.807) is 18.2 Å². The minimum atomic E-state index is -1.37. The summed E-state index contributed by atoms with van der Waals surface area (Å²) in [5.41, 5.74) is 0.913. The Morgan fingerprint density at radius 1 is 0.970 bits per heavy atom. The topological polar surface area (TPSA) is 138 Å². The average Bonchev–Trinajstić information content (AvgIpc) is 3.19. The van der Waals surface area contributed by atoms with Crippen molar-refractivity contribution in [3.63, 3.8) is 0 Å². The first-order valence-electron chi connectivity index (χ1n) is 10.2. The minimum absolute atomic E-state index is 0.0972. The van der Waals surface area contributed by atoms with Crippen LogP contribution in [0.2, 0.25) is 0 Å². The van der Waals surface area contributed by atoms with Crippen LogP contribution < -0.4 is 10.9 Å². The molecule has 0 fully saturated rings. The number of nitrogens with one attached hydrogen (secondary N) is 1. The summed E-state index contributed by atoms with van der Waals surface area (Å²) in [7, 11) is 0. The second-order valence-corrected chi connectivity index (χ2v) is 7.76. The van der Waals surface area contributed by atoms with Crippen molar-refractivity contribution in [1.29, 1.82) is 0 Å². The number of carbonyl (C=O) groups excluding carboxylic acids is 1. The molecule has 0 aliphatic rings. The number of pyridine rings is 1. The monoisotopic (exact) mass is 443 g/mol. The largest absolute Gasteiger partial charge is 0.481 e. The van der Waals surface area contributed by atoms with Crippen molar-refractivity contribution >= 4 is 56.1 Å². The van der Waals surface area contributed by atoms with Crippen molar-refractivity contribution in [3.05, 3.63) is 70.5 Å². The molecule has 164 valence electrons. The molecule has 33 heavy (non-hydrogen) atoms. The van der Waals surface area contributed by atoms with Gasteiger partial charge in [0.1, 0.15) is 17.2 Å². The van der Waals surface area contributed by atoms with Crippen LogP contribution in [0.1, 0.15) is 23.2 Å². The molecule has 0 radical (unpaired) electrons. The van der Waals surface area contributed by atoms with E-state index in [0.717, 1.165) is 16.2 Å². The van der Waals surface area contributed by atoms with Crippen LogP contribution in [0, 0.1) is 0 Å². The normalized spacial score (nSPS) is 12.5. The van der Waals surface area contributed by atoms with Crippen molar-refractivity contribution in [3.8, 4) is 0 Å². The van der Waals surface area contributed by atoms with Gasteiger partial charge in [0, 0.05) is 22.6 Å². The molecule has 0 aliphatic heterocycles. The van der Waals surface area contributed by atoms with Crippen LogP contribution in [0.4, 0.5) is 0 Å². The first-order chi connectivity index (χ1) is 15.9. The summed E-state index contributed by atoms with van der Waals surface area (Å²) in [5, 5.41) is 23.6. The van der Waals surface area contributed by atoms with Crippen molar-refractivity contribution in [2.45, 2.75) is 18.9 Å². The minimum Gasteiger partial charge on any atom is -0.481 e. The summed E-state index contributed by atoms with van der Waals surface area (Å²) in [5.74, 6) is -3.21. The van der Waals surface area contributed by atoms with Gasteiger partial charge in [-0.2, -0.15) is 0 Å². The summed E-state index contributed by atoms with van der Waals surface area (Å²) in [4.78, 5) is 53.3. The maximum absolute atomic E-state index is 13.4. The van der Waals surface area contributed by atoms with E-state index in [0.29, 0.717) is 16.6 Å². The first kappa shape index (κ1) is 20.4. The molecule has 1 amide bonds. The van der Waals surface area contributed by atoms with Crippen LogP contribution >= 0.6 is 0 Å². The molecule has 1 atom stereocenters. The number of amides is 1. The maximum atomic E-state index is 13.4. The van der Waals surface area contributed by atoms with Gasteiger partial charge in [-0.25, -0.2) is 9.78 Å². The molecular formula is C24H17N3O6. The molecule has 0 saturated carbocycles. The second kappa shape index (κ2) is 7.56. The van der Waals surface area contributed by atoms with Gasteiger partial charge in [0.05, 0.1) is 11.1 Å². The van der Waals surface area contributed by atoms with Gasteiger partial charge in [0.25, 0.3) is 11.5 Å². The number of rotatable bonds is 6. The van der Waals surface area contributed by atoms with Gasteiger partial charge < -0.3 is 15.5 Å². The zero-order chi connectivity index (χ0) is 23.3. The molecule has 9 nitrogen and oxygen atoms in total. The van der Waals surface area contributed by atoms with Crippen LogP contribution in [0.15, 0.2) is 59.4 Å². The number of carboxylic acid groups (broad SMARTS) is 2. The lowest BCUT2D eigenvalue weighted by Gasteiger charge is -2.13. The van der Waals surface area contributed by atoms with E-state index in [2.05, 4.69) is 10.3 Å². The third-order valence-corrected chi connectivity index (χ3v) is 5.76. The molecular weight excluding hydrogens is 426 g/mol. The number of fused-ring (bicyclic) bond motifs is 4. The predicted octanol–water partition coefficient (Wildman–Crippen LogP) is 2.64. The van der Waals surface area contributed by atoms with Gasteiger partial charge in [0.15, 0.2) is 0 Å². The Labute approximate surface area is 185 Å². The molecule has 0 unspecified atom stereocenters. The van der Waals surface area contributed by atoms with Gasteiger partial charge >= 0.3 is 11.9 Å². The van der Waals surface area contributed by atoms with Crippen molar-refractivity contribution in [2.75, 3.05) is 0 Å². The number of benzene rings is 3. The Balaban J connectivity index is 1.70. The Bertz CT molecular complexity index is 1650. The standard InChI is InChI=1S/C24H17N3O6/c28-18(29)11-10-16(24(32)33)25-22(30)15-8-3-9-17-20(15)26-21-13-6-1-4-12-5-2-7-14(19(12)13)23(31)27(17)21/h1-9,16H,10-11H2,(H,25,30)(H,28,29)(H,32,33)/t16-/m0/s1. The maximum Gasteiger partial charge on any atom is 0.326 e. The molecule has 5 rings (SSSR count). The van der Waals surface area contributed by atoms with E-state index in [4.69, 9.17) is 5.11 Å². The zero-order valence-electron chi connectivity index (χ0n) is 17.1. The van der Waals surface area contributed by atoms with Crippen LogP contribution in [0.5, 0.6) is 0 Å². The molecule has 0 saturated heterocycles. The van der Waals surface area contributed by atoms with Gasteiger partial charge in [-0.15, -0.1) is 0 Å². The Hall–Kier alpha value is -4.53. The van der Waals surface area contributed by atoms with Gasteiger partial charge in [-0.1, -0.05) is 36.4 Å². The van der Waals surface area contributed by atoms with Crippen LogP contribution in [-0.2, 0) is 9.59 Å². The highest BCUT2D eigenvalue weighted by atomic mass is 16.4. The molecule has 2 aromatic heterocycles. The fourth-order valence-electron chi connectivity index (χ4n) is 4.26. The fraction of sp³-hybridized carbons (Fsp3) is 0.125. The van der Waals surface area contributed by atoms with E-state index in [9.17, 15) is 24.3 Å². The number of para-hydroxylation sites is 1. The molecule has 3 N–H and O–H groups in total. The first-order valence-corrected chi connectivity index (χ1v) is 10.2. The number of aromatic nitrogens is 2. The summed E-state index contributed by atoms with van der Waals surface area (Å²) in [6.07, 6.45) is -0.668. The summed E-state index contributed by atoms with van der Waals surface area (Å²) in [6, 6.07) is 14.5. The van der Waals surface area contributed by atoms with Gasteiger partial charge in [0.2, 0.25) is 0 Å². The summed E-state index contributed by atoms with van der Waals surface area (Å²) in [6.45, 7) is 0. The molecule has 0 bridgehead atoms. The van der Waals surface area contributed by atoms with Crippen LogP contribution in [0.3, 0.4) is 0 Å². The van der Waals surface area contributed by atoms with E-state index in [1.165, 1.54) is 10.5 Å². The predicted molar refractivity (Wildman–Crippen MR) is 121 cm³/mol. The third kappa shape index (κ3) is 3.21. The number of carbonyl (C=O) groups is 3. The van der Waals surface area contributed by atoms with Gasteiger partial charge in [-0.05, 0) is 30.0 Å². The zero-order valence-corrected chi connectivity index (χ0v) is 17.1. The lowest BCUT2D eigenvalue weighted by molar-refractivity contribution is -0.140. The lowest BCUT2D eigenvalue weighted by Crippen LogP contribution is -2.41. The smallest absolute Gasteiger partial charge is 0.326 e. The third-order valence-electron chi connectivity index (χ3n) is 5.76.